The molecule has 1 unspecified atom stereocenters. The molecule has 0 saturated heterocycles. The van der Waals surface area contributed by atoms with E-state index in [9.17, 15) is 9.18 Å². The first-order valence-electron chi connectivity index (χ1n) is 8.85. The van der Waals surface area contributed by atoms with Crippen molar-refractivity contribution in [3.8, 4) is 0 Å². The number of alkyl halides is 1. The molecule has 2 heterocycles. The number of thiophene rings is 1. The minimum atomic E-state index is -0.536. The Balaban J connectivity index is 2.17. The van der Waals surface area contributed by atoms with E-state index in [1.54, 1.807) is 15.9 Å². The Hall–Kier alpha value is -1.23. The highest BCUT2D eigenvalue weighted by Gasteiger charge is 2.32. The molecular formula is C19H27FN2OS. The molecule has 1 atom stereocenters. The number of fused-ring (bicyclic) bond motifs is 3. The number of hydrogen-bond acceptors (Lipinski definition) is 3. The van der Waals surface area contributed by atoms with Crippen LogP contribution in [0.2, 0.25) is 0 Å². The van der Waals surface area contributed by atoms with E-state index < -0.39 is 6.67 Å². The van der Waals surface area contributed by atoms with Crippen LogP contribution in [0.3, 0.4) is 0 Å². The minimum absolute atomic E-state index is 0.0481. The van der Waals surface area contributed by atoms with E-state index in [1.165, 1.54) is 10.4 Å². The first kappa shape index (κ1) is 17.6. The zero-order valence-electron chi connectivity index (χ0n) is 15.3. The number of rotatable bonds is 3. The lowest BCUT2D eigenvalue weighted by molar-refractivity contribution is 0.218. The second-order valence-electron chi connectivity index (χ2n) is 8.26. The van der Waals surface area contributed by atoms with E-state index in [0.717, 1.165) is 29.5 Å². The first-order valence-corrected chi connectivity index (χ1v) is 9.66. The molecule has 3 rings (SSSR count). The smallest absolute Gasteiger partial charge is 0.262 e. The maximum Gasteiger partial charge on any atom is 0.262 e. The predicted octanol–water partition coefficient (Wildman–Crippen LogP) is 4.70. The van der Waals surface area contributed by atoms with E-state index in [4.69, 9.17) is 4.98 Å². The van der Waals surface area contributed by atoms with E-state index >= 15 is 0 Å². The van der Waals surface area contributed by atoms with Crippen LogP contribution in [0, 0.1) is 11.3 Å². The second kappa shape index (κ2) is 6.25. The van der Waals surface area contributed by atoms with Gasteiger partial charge in [0.25, 0.3) is 5.56 Å². The Kier molecular flexibility index (Phi) is 4.58. The topological polar surface area (TPSA) is 34.9 Å². The van der Waals surface area contributed by atoms with Gasteiger partial charge in [-0.15, -0.1) is 11.3 Å². The van der Waals surface area contributed by atoms with Gasteiger partial charge in [-0.1, -0.05) is 34.6 Å². The SMILES string of the molecule is CC(C)c1nc2sc3c(c2c(=O)n1CCF)CCC(C(C)(C)C)C3. The highest BCUT2D eigenvalue weighted by molar-refractivity contribution is 7.18. The van der Waals surface area contributed by atoms with Crippen LogP contribution in [-0.2, 0) is 19.4 Å². The predicted molar refractivity (Wildman–Crippen MR) is 98.9 cm³/mol. The molecule has 0 aliphatic heterocycles. The summed E-state index contributed by atoms with van der Waals surface area (Å²) in [7, 11) is 0. The zero-order chi connectivity index (χ0) is 17.6. The van der Waals surface area contributed by atoms with Crippen molar-refractivity contribution in [3.05, 3.63) is 26.6 Å². The molecule has 24 heavy (non-hydrogen) atoms. The van der Waals surface area contributed by atoms with Crippen LogP contribution in [-0.4, -0.2) is 16.2 Å². The van der Waals surface area contributed by atoms with Gasteiger partial charge < -0.3 is 0 Å². The highest BCUT2D eigenvalue weighted by Crippen LogP contribution is 2.42. The third kappa shape index (κ3) is 2.92. The molecule has 0 aromatic carbocycles. The van der Waals surface area contributed by atoms with Gasteiger partial charge in [-0.2, -0.15) is 0 Å². The molecule has 2 aromatic rings. The summed E-state index contributed by atoms with van der Waals surface area (Å²) in [6.07, 6.45) is 3.07. The third-order valence-electron chi connectivity index (χ3n) is 5.25. The van der Waals surface area contributed by atoms with Crippen LogP contribution in [0.15, 0.2) is 4.79 Å². The second-order valence-corrected chi connectivity index (χ2v) is 9.34. The highest BCUT2D eigenvalue weighted by atomic mass is 32.1. The molecule has 0 fully saturated rings. The first-order chi connectivity index (χ1) is 11.2. The minimum Gasteiger partial charge on any atom is -0.293 e. The summed E-state index contributed by atoms with van der Waals surface area (Å²) in [6, 6.07) is 0. The van der Waals surface area contributed by atoms with E-state index in [2.05, 4.69) is 20.8 Å². The lowest BCUT2D eigenvalue weighted by Gasteiger charge is -2.33. The fourth-order valence-corrected chi connectivity index (χ4v) is 5.05. The molecule has 5 heteroatoms. The van der Waals surface area contributed by atoms with E-state index in [0.29, 0.717) is 11.7 Å². The van der Waals surface area contributed by atoms with Crippen LogP contribution in [0.4, 0.5) is 4.39 Å². The summed E-state index contributed by atoms with van der Waals surface area (Å²) >= 11 is 1.67. The van der Waals surface area contributed by atoms with Crippen molar-refractivity contribution in [2.75, 3.05) is 6.67 Å². The largest absolute Gasteiger partial charge is 0.293 e. The van der Waals surface area contributed by atoms with E-state index in [1.807, 2.05) is 13.8 Å². The lowest BCUT2D eigenvalue weighted by Crippen LogP contribution is -2.28. The van der Waals surface area contributed by atoms with Crippen molar-refractivity contribution in [2.45, 2.75) is 66.3 Å². The Morgan fingerprint density at radius 1 is 1.38 bits per heavy atom. The van der Waals surface area contributed by atoms with Gasteiger partial charge in [0.15, 0.2) is 0 Å². The molecular weight excluding hydrogens is 323 g/mol. The fourth-order valence-electron chi connectivity index (χ4n) is 3.75. The molecule has 0 bridgehead atoms. The van der Waals surface area contributed by atoms with Crippen molar-refractivity contribution in [1.29, 1.82) is 0 Å². The normalized spacial score (nSPS) is 18.4. The number of hydrogen-bond donors (Lipinski definition) is 0. The van der Waals surface area contributed by atoms with Crippen molar-refractivity contribution < 1.29 is 4.39 Å². The van der Waals surface area contributed by atoms with Gasteiger partial charge in [0.05, 0.1) is 11.9 Å². The van der Waals surface area contributed by atoms with Crippen LogP contribution >= 0.6 is 11.3 Å². The van der Waals surface area contributed by atoms with Gasteiger partial charge in [0, 0.05) is 10.8 Å². The van der Waals surface area contributed by atoms with Gasteiger partial charge in [-0.3, -0.25) is 9.36 Å². The summed E-state index contributed by atoms with van der Waals surface area (Å²) in [6.45, 7) is 10.4. The summed E-state index contributed by atoms with van der Waals surface area (Å²) in [5.41, 5.74) is 1.41. The standard InChI is InChI=1S/C19H27FN2OS/c1-11(2)16-21-17-15(18(23)22(16)9-8-20)13-7-6-12(19(3,4)5)10-14(13)24-17/h11-12H,6-10H2,1-5H3. The maximum absolute atomic E-state index is 13.0. The molecule has 0 spiro atoms. The molecule has 3 nitrogen and oxygen atoms in total. The summed E-state index contributed by atoms with van der Waals surface area (Å²) < 4.78 is 14.5. The Morgan fingerprint density at radius 2 is 2.08 bits per heavy atom. The van der Waals surface area contributed by atoms with Gasteiger partial charge in [-0.05, 0) is 36.2 Å². The van der Waals surface area contributed by atoms with Gasteiger partial charge >= 0.3 is 0 Å². The van der Waals surface area contributed by atoms with Gasteiger partial charge in [0.1, 0.15) is 17.3 Å². The molecule has 0 amide bonds. The van der Waals surface area contributed by atoms with Crippen LogP contribution in [0.25, 0.3) is 10.2 Å². The third-order valence-corrected chi connectivity index (χ3v) is 6.40. The monoisotopic (exact) mass is 350 g/mol. The number of aromatic nitrogens is 2. The van der Waals surface area contributed by atoms with Crippen LogP contribution < -0.4 is 5.56 Å². The average molecular weight is 351 g/mol. The van der Waals surface area contributed by atoms with Crippen molar-refractivity contribution >= 4 is 21.6 Å². The Labute approximate surface area is 146 Å². The summed E-state index contributed by atoms with van der Waals surface area (Å²) in [5, 5.41) is 0.750. The molecule has 132 valence electrons. The van der Waals surface area contributed by atoms with Crippen LogP contribution in [0.5, 0.6) is 0 Å². The van der Waals surface area contributed by atoms with E-state index in [-0.39, 0.29) is 23.4 Å². The summed E-state index contributed by atoms with van der Waals surface area (Å²) in [4.78, 5) is 19.9. The lowest BCUT2D eigenvalue weighted by atomic mass is 9.72. The maximum atomic E-state index is 13.0. The quantitative estimate of drug-likeness (QED) is 0.804. The molecule has 0 radical (unpaired) electrons. The average Bonchev–Trinajstić information content (AvgIpc) is 2.86. The summed E-state index contributed by atoms with van der Waals surface area (Å²) in [5.74, 6) is 1.45. The van der Waals surface area contributed by atoms with Crippen molar-refractivity contribution in [3.63, 3.8) is 0 Å². The van der Waals surface area contributed by atoms with Gasteiger partial charge in [-0.25, -0.2) is 9.37 Å². The molecule has 1 aliphatic carbocycles. The number of halogens is 1. The molecule has 1 aliphatic rings. The van der Waals surface area contributed by atoms with Crippen LogP contribution in [0.1, 0.15) is 63.2 Å². The number of aryl methyl sites for hydroxylation is 1. The molecule has 0 saturated carbocycles. The van der Waals surface area contributed by atoms with Crippen molar-refractivity contribution in [2.24, 2.45) is 11.3 Å². The van der Waals surface area contributed by atoms with Crippen molar-refractivity contribution in [1.82, 2.24) is 9.55 Å². The number of nitrogens with zero attached hydrogens (tertiary/aromatic N) is 2. The van der Waals surface area contributed by atoms with Gasteiger partial charge in [0.2, 0.25) is 0 Å². The fraction of sp³-hybridized carbons (Fsp3) is 0.684. The Morgan fingerprint density at radius 3 is 2.67 bits per heavy atom. The molecule has 2 aromatic heterocycles. The molecule has 0 N–H and O–H groups in total. The Bertz CT molecular complexity index is 813. The zero-order valence-corrected chi connectivity index (χ0v) is 16.1.